The molecule has 4 nitrogen and oxygen atoms in total. The summed E-state index contributed by atoms with van der Waals surface area (Å²) < 4.78 is 5.37. The van der Waals surface area contributed by atoms with Crippen LogP contribution in [0.5, 0.6) is 5.75 Å². The van der Waals surface area contributed by atoms with E-state index in [9.17, 15) is 4.79 Å². The van der Waals surface area contributed by atoms with E-state index >= 15 is 0 Å². The van der Waals surface area contributed by atoms with Gasteiger partial charge in [0.25, 0.3) is 5.91 Å². The lowest BCUT2D eigenvalue weighted by molar-refractivity contribution is -0.123. The number of hydrogen-bond donors (Lipinski definition) is 1. The maximum absolute atomic E-state index is 11.6. The third-order valence-electron chi connectivity index (χ3n) is 2.95. The van der Waals surface area contributed by atoms with Crippen LogP contribution in [0.1, 0.15) is 11.1 Å². The molecular weight excluding hydrogens is 300 g/mol. The second-order valence-electron chi connectivity index (χ2n) is 4.74. The fourth-order valence-corrected chi connectivity index (χ4v) is 1.89. The zero-order valence-electron chi connectivity index (χ0n) is 12.3. The molecule has 0 fully saturated rings. The Hall–Kier alpha value is -2.33. The van der Waals surface area contributed by atoms with Gasteiger partial charge in [0.2, 0.25) is 0 Å². The van der Waals surface area contributed by atoms with E-state index in [4.69, 9.17) is 16.3 Å². The largest absolute Gasteiger partial charge is 0.484 e. The number of nitrogens with zero attached hydrogens (tertiary/aromatic N) is 1. The summed E-state index contributed by atoms with van der Waals surface area (Å²) in [5.74, 6) is 0.294. The van der Waals surface area contributed by atoms with Crippen molar-refractivity contribution in [3.63, 3.8) is 0 Å². The van der Waals surface area contributed by atoms with Crippen LogP contribution in [-0.2, 0) is 11.2 Å². The molecule has 0 atom stereocenters. The van der Waals surface area contributed by atoms with Gasteiger partial charge < -0.3 is 4.74 Å². The highest BCUT2D eigenvalue weighted by Gasteiger charge is 2.03. The Balaban J connectivity index is 1.72. The second-order valence-corrected chi connectivity index (χ2v) is 5.14. The maximum atomic E-state index is 11.6. The molecule has 0 radical (unpaired) electrons. The molecule has 114 valence electrons. The molecule has 0 spiro atoms. The predicted molar refractivity (Wildman–Crippen MR) is 88.5 cm³/mol. The summed E-state index contributed by atoms with van der Waals surface area (Å²) in [5, 5.41) is 4.55. The van der Waals surface area contributed by atoms with Crippen LogP contribution >= 0.6 is 11.6 Å². The van der Waals surface area contributed by atoms with Crippen molar-refractivity contribution >= 4 is 23.7 Å². The average molecular weight is 317 g/mol. The van der Waals surface area contributed by atoms with Crippen LogP contribution in [0.3, 0.4) is 0 Å². The first-order valence-electron chi connectivity index (χ1n) is 6.88. The fraction of sp³-hybridized carbons (Fsp3) is 0.176. The van der Waals surface area contributed by atoms with E-state index in [1.807, 2.05) is 37.3 Å². The van der Waals surface area contributed by atoms with Crippen molar-refractivity contribution in [2.75, 3.05) is 6.61 Å². The second kappa shape index (κ2) is 8.20. The molecule has 0 aromatic heterocycles. The summed E-state index contributed by atoms with van der Waals surface area (Å²) in [6.07, 6.45) is 2.32. The average Bonchev–Trinajstić information content (AvgIpc) is 2.54. The van der Waals surface area contributed by atoms with Crippen LogP contribution in [0.2, 0.25) is 5.02 Å². The van der Waals surface area contributed by atoms with Gasteiger partial charge in [0.05, 0.1) is 0 Å². The van der Waals surface area contributed by atoms with E-state index in [2.05, 4.69) is 10.5 Å². The van der Waals surface area contributed by atoms with Gasteiger partial charge in [-0.3, -0.25) is 4.79 Å². The number of carbonyl (C=O) groups excluding carboxylic acids is 1. The third-order valence-corrected chi connectivity index (χ3v) is 3.37. The first-order valence-corrected chi connectivity index (χ1v) is 7.26. The van der Waals surface area contributed by atoms with Gasteiger partial charge in [-0.1, -0.05) is 41.9 Å². The number of nitrogens with one attached hydrogen (secondary N) is 1. The predicted octanol–water partition coefficient (Wildman–Crippen LogP) is 3.37. The number of aryl methyl sites for hydroxylation is 1. The molecule has 0 bridgehead atoms. The Kier molecular flexibility index (Phi) is 5.98. The molecule has 2 aromatic carbocycles. The van der Waals surface area contributed by atoms with Crippen molar-refractivity contribution in [1.82, 2.24) is 5.43 Å². The standard InChI is InChI=1S/C17H17ClN2O2/c1-13-11-15(7-8-16(13)18)22-12-17(21)20-19-10-9-14-5-3-2-4-6-14/h2-8,10-11H,9,12H2,1H3,(H,20,21). The van der Waals surface area contributed by atoms with Gasteiger partial charge in [-0.05, 0) is 36.2 Å². The summed E-state index contributed by atoms with van der Waals surface area (Å²) in [5.41, 5.74) is 4.46. The Labute approximate surface area is 134 Å². The van der Waals surface area contributed by atoms with E-state index in [0.29, 0.717) is 17.2 Å². The van der Waals surface area contributed by atoms with Crippen LogP contribution in [-0.4, -0.2) is 18.7 Å². The lowest BCUT2D eigenvalue weighted by Crippen LogP contribution is -2.24. The lowest BCUT2D eigenvalue weighted by atomic mass is 10.2. The van der Waals surface area contributed by atoms with E-state index < -0.39 is 0 Å². The highest BCUT2D eigenvalue weighted by molar-refractivity contribution is 6.31. The van der Waals surface area contributed by atoms with Crippen LogP contribution in [0.25, 0.3) is 0 Å². The molecule has 0 aliphatic carbocycles. The number of amides is 1. The number of rotatable bonds is 6. The van der Waals surface area contributed by atoms with Crippen molar-refractivity contribution < 1.29 is 9.53 Å². The summed E-state index contributed by atoms with van der Waals surface area (Å²) >= 11 is 5.92. The molecule has 2 rings (SSSR count). The maximum Gasteiger partial charge on any atom is 0.277 e. The minimum atomic E-state index is -0.308. The van der Waals surface area contributed by atoms with Gasteiger partial charge in [0, 0.05) is 17.7 Å². The third kappa shape index (κ3) is 5.22. The quantitative estimate of drug-likeness (QED) is 0.656. The summed E-state index contributed by atoms with van der Waals surface area (Å²) in [4.78, 5) is 11.6. The molecule has 5 heteroatoms. The number of carbonyl (C=O) groups is 1. The molecule has 0 aliphatic heterocycles. The topological polar surface area (TPSA) is 50.7 Å². The van der Waals surface area contributed by atoms with Gasteiger partial charge in [-0.2, -0.15) is 5.10 Å². The monoisotopic (exact) mass is 316 g/mol. The van der Waals surface area contributed by atoms with Crippen LogP contribution < -0.4 is 10.2 Å². The lowest BCUT2D eigenvalue weighted by Gasteiger charge is -2.06. The first kappa shape index (κ1) is 16.0. The summed E-state index contributed by atoms with van der Waals surface area (Å²) in [7, 11) is 0. The molecule has 0 aliphatic rings. The summed E-state index contributed by atoms with van der Waals surface area (Å²) in [6, 6.07) is 15.1. The van der Waals surface area contributed by atoms with E-state index in [1.54, 1.807) is 24.4 Å². The zero-order valence-corrected chi connectivity index (χ0v) is 13.0. The highest BCUT2D eigenvalue weighted by Crippen LogP contribution is 2.20. The normalized spacial score (nSPS) is 10.6. The Bertz CT molecular complexity index is 657. The number of hydrazone groups is 1. The van der Waals surface area contributed by atoms with E-state index in [-0.39, 0.29) is 12.5 Å². The summed E-state index contributed by atoms with van der Waals surface area (Å²) in [6.45, 7) is 1.78. The van der Waals surface area contributed by atoms with Gasteiger partial charge in [0.15, 0.2) is 6.61 Å². The molecule has 2 aromatic rings. The smallest absolute Gasteiger partial charge is 0.277 e. The van der Waals surface area contributed by atoms with Crippen LogP contribution in [0.4, 0.5) is 0 Å². The molecule has 0 saturated carbocycles. The van der Waals surface area contributed by atoms with Crippen molar-refractivity contribution in [3.05, 3.63) is 64.7 Å². The van der Waals surface area contributed by atoms with Gasteiger partial charge in [0.1, 0.15) is 5.75 Å². The van der Waals surface area contributed by atoms with Gasteiger partial charge >= 0.3 is 0 Å². The number of hydrogen-bond acceptors (Lipinski definition) is 3. The first-order chi connectivity index (χ1) is 10.6. The number of halogens is 1. The van der Waals surface area contributed by atoms with Crippen molar-refractivity contribution in [3.8, 4) is 5.75 Å². The highest BCUT2D eigenvalue weighted by atomic mass is 35.5. The molecular formula is C17H17ClN2O2. The fourth-order valence-electron chi connectivity index (χ4n) is 1.77. The Morgan fingerprint density at radius 2 is 2.05 bits per heavy atom. The molecule has 1 N–H and O–H groups in total. The van der Waals surface area contributed by atoms with Crippen molar-refractivity contribution in [1.29, 1.82) is 0 Å². The zero-order chi connectivity index (χ0) is 15.8. The number of ether oxygens (including phenoxy) is 1. The molecule has 0 saturated heterocycles. The minimum absolute atomic E-state index is 0.0935. The van der Waals surface area contributed by atoms with Crippen molar-refractivity contribution in [2.45, 2.75) is 13.3 Å². The molecule has 22 heavy (non-hydrogen) atoms. The molecule has 0 heterocycles. The molecule has 0 unspecified atom stereocenters. The van der Waals surface area contributed by atoms with Crippen molar-refractivity contribution in [2.24, 2.45) is 5.10 Å². The number of benzene rings is 2. The van der Waals surface area contributed by atoms with E-state index in [0.717, 1.165) is 11.1 Å². The van der Waals surface area contributed by atoms with Crippen LogP contribution in [0.15, 0.2) is 53.6 Å². The van der Waals surface area contributed by atoms with Crippen LogP contribution in [0, 0.1) is 6.92 Å². The van der Waals surface area contributed by atoms with Gasteiger partial charge in [-0.15, -0.1) is 0 Å². The van der Waals surface area contributed by atoms with Gasteiger partial charge in [-0.25, -0.2) is 5.43 Å². The SMILES string of the molecule is Cc1cc(OCC(=O)NN=CCc2ccccc2)ccc1Cl. The Morgan fingerprint density at radius 1 is 1.27 bits per heavy atom. The molecule has 1 amide bonds. The van der Waals surface area contributed by atoms with E-state index in [1.165, 1.54) is 0 Å². The Morgan fingerprint density at radius 3 is 2.77 bits per heavy atom. The minimum Gasteiger partial charge on any atom is -0.484 e.